The summed E-state index contributed by atoms with van der Waals surface area (Å²) in [4.78, 5) is 36.2. The number of nitro groups is 2. The van der Waals surface area contributed by atoms with Gasteiger partial charge in [-0.2, -0.15) is 0 Å². The topological polar surface area (TPSA) is 107 Å². The number of fused-ring (bicyclic) bond motifs is 4. The summed E-state index contributed by atoms with van der Waals surface area (Å²) in [6, 6.07) is 6.16. The van der Waals surface area contributed by atoms with Gasteiger partial charge in [0.15, 0.2) is 0 Å². The molecule has 1 aliphatic heterocycles. The summed E-state index contributed by atoms with van der Waals surface area (Å²) in [6.45, 7) is -0.0529. The number of piperidine rings is 1. The highest BCUT2D eigenvalue weighted by atomic mass is 16.6. The third kappa shape index (κ3) is 1.56. The van der Waals surface area contributed by atoms with Gasteiger partial charge in [0.25, 0.3) is 5.54 Å². The molecule has 2 unspecified atom stereocenters. The number of carbonyl (C=O) groups is 1. The Bertz CT molecular complexity index is 676. The molecule has 21 heavy (non-hydrogen) atoms. The normalized spacial score (nSPS) is 31.6. The molecule has 2 bridgehead atoms. The maximum absolute atomic E-state index is 12.6. The van der Waals surface area contributed by atoms with Crippen LogP contribution in [0.2, 0.25) is 0 Å². The summed E-state index contributed by atoms with van der Waals surface area (Å²) in [5, 5.41) is 23.3. The number of carbonyl (C=O) groups excluding carboxylic acids is 1. The van der Waals surface area contributed by atoms with Crippen LogP contribution in [0.15, 0.2) is 24.3 Å². The van der Waals surface area contributed by atoms with E-state index < -0.39 is 26.7 Å². The van der Waals surface area contributed by atoms with Crippen molar-refractivity contribution in [3.8, 4) is 0 Å². The Morgan fingerprint density at radius 1 is 1.10 bits per heavy atom. The maximum atomic E-state index is 12.6. The van der Waals surface area contributed by atoms with Crippen LogP contribution in [-0.2, 0) is 5.54 Å². The number of Topliss-reactive ketones (excluding diaryl/α,β-unsaturated/α-hetero) is 1. The van der Waals surface area contributed by atoms with Crippen LogP contribution in [0, 0.1) is 20.2 Å². The predicted octanol–water partition coefficient (Wildman–Crippen LogP) is 0.706. The Balaban J connectivity index is 2.35. The van der Waals surface area contributed by atoms with Crippen LogP contribution >= 0.6 is 0 Å². The van der Waals surface area contributed by atoms with E-state index in [0.29, 0.717) is 0 Å². The molecule has 0 amide bonds. The minimum atomic E-state index is -1.94. The van der Waals surface area contributed by atoms with Gasteiger partial charge in [-0.3, -0.25) is 29.9 Å². The molecule has 1 aliphatic carbocycles. The van der Waals surface area contributed by atoms with E-state index in [-0.39, 0.29) is 30.6 Å². The number of benzene rings is 1. The van der Waals surface area contributed by atoms with Crippen molar-refractivity contribution in [2.75, 3.05) is 20.1 Å². The summed E-state index contributed by atoms with van der Waals surface area (Å²) < 4.78 is 0. The van der Waals surface area contributed by atoms with E-state index in [1.165, 1.54) is 17.0 Å². The van der Waals surface area contributed by atoms with Crippen molar-refractivity contribution >= 4 is 5.78 Å². The van der Waals surface area contributed by atoms with E-state index in [4.69, 9.17) is 0 Å². The lowest BCUT2D eigenvalue weighted by Gasteiger charge is -2.44. The van der Waals surface area contributed by atoms with E-state index in [2.05, 4.69) is 0 Å². The Kier molecular flexibility index (Phi) is 2.64. The molecular formula is C13H13N3O5. The minimum Gasteiger partial charge on any atom is -0.292 e. The summed E-state index contributed by atoms with van der Waals surface area (Å²) in [5.74, 6) is -0.632. The van der Waals surface area contributed by atoms with Crippen molar-refractivity contribution in [3.63, 3.8) is 0 Å². The molecule has 1 aromatic carbocycles. The van der Waals surface area contributed by atoms with E-state index in [9.17, 15) is 25.0 Å². The lowest BCUT2D eigenvalue weighted by molar-refractivity contribution is -0.623. The third-order valence-corrected chi connectivity index (χ3v) is 4.44. The zero-order valence-corrected chi connectivity index (χ0v) is 11.3. The fourth-order valence-electron chi connectivity index (χ4n) is 3.64. The van der Waals surface area contributed by atoms with E-state index in [0.717, 1.165) is 0 Å². The average Bonchev–Trinajstić information content (AvgIpc) is 2.44. The van der Waals surface area contributed by atoms with Crippen molar-refractivity contribution < 1.29 is 14.6 Å². The molecule has 2 atom stereocenters. The average molecular weight is 291 g/mol. The second-order valence-corrected chi connectivity index (χ2v) is 5.80. The van der Waals surface area contributed by atoms with Crippen LogP contribution in [-0.4, -0.2) is 46.2 Å². The highest BCUT2D eigenvalue weighted by Crippen LogP contribution is 2.47. The zero-order valence-electron chi connectivity index (χ0n) is 11.3. The largest absolute Gasteiger partial charge is 0.303 e. The molecule has 1 saturated heterocycles. The second kappa shape index (κ2) is 4.08. The molecule has 8 nitrogen and oxygen atoms in total. The fourth-order valence-corrected chi connectivity index (χ4v) is 3.64. The van der Waals surface area contributed by atoms with Gasteiger partial charge in [0.1, 0.15) is 6.42 Å². The molecule has 0 radical (unpaired) electrons. The van der Waals surface area contributed by atoms with Crippen LogP contribution < -0.4 is 0 Å². The minimum absolute atomic E-state index is 0.0554. The van der Waals surface area contributed by atoms with Gasteiger partial charge in [0, 0.05) is 21.0 Å². The van der Waals surface area contributed by atoms with Gasteiger partial charge in [-0.25, -0.2) is 0 Å². The van der Waals surface area contributed by atoms with Crippen LogP contribution in [0.5, 0.6) is 0 Å². The molecular weight excluding hydrogens is 278 g/mol. The number of likely N-dealkylation sites (tertiary alicyclic amines) is 1. The predicted molar refractivity (Wildman–Crippen MR) is 71.3 cm³/mol. The summed E-state index contributed by atoms with van der Waals surface area (Å²) in [6.07, 6.45) is -0.389. The van der Waals surface area contributed by atoms with Crippen molar-refractivity contribution in [1.82, 2.24) is 4.90 Å². The molecule has 0 spiro atoms. The molecule has 110 valence electrons. The van der Waals surface area contributed by atoms with Crippen LogP contribution in [0.25, 0.3) is 0 Å². The first-order valence-electron chi connectivity index (χ1n) is 6.45. The molecule has 1 aromatic rings. The van der Waals surface area contributed by atoms with Gasteiger partial charge in [0.2, 0.25) is 5.78 Å². The lowest BCUT2D eigenvalue weighted by atomic mass is 9.64. The monoisotopic (exact) mass is 291 g/mol. The van der Waals surface area contributed by atoms with Crippen molar-refractivity contribution in [2.45, 2.75) is 17.5 Å². The quantitative estimate of drug-likeness (QED) is 0.586. The first kappa shape index (κ1) is 13.6. The van der Waals surface area contributed by atoms with E-state index in [1.54, 1.807) is 19.2 Å². The number of hydrogen-bond donors (Lipinski definition) is 0. The molecule has 0 saturated carbocycles. The first-order chi connectivity index (χ1) is 9.83. The Hall–Kier alpha value is -2.35. The molecule has 0 aromatic heterocycles. The Labute approximate surface area is 119 Å². The van der Waals surface area contributed by atoms with Gasteiger partial charge < -0.3 is 0 Å². The van der Waals surface area contributed by atoms with Crippen molar-refractivity contribution in [1.29, 1.82) is 0 Å². The van der Waals surface area contributed by atoms with Crippen LogP contribution in [0.1, 0.15) is 22.3 Å². The molecule has 3 rings (SSSR count). The van der Waals surface area contributed by atoms with Gasteiger partial charge in [-0.1, -0.05) is 24.3 Å². The van der Waals surface area contributed by atoms with Crippen molar-refractivity contribution in [2.24, 2.45) is 0 Å². The van der Waals surface area contributed by atoms with E-state index in [1.807, 2.05) is 0 Å². The van der Waals surface area contributed by atoms with Crippen molar-refractivity contribution in [3.05, 3.63) is 55.6 Å². The van der Waals surface area contributed by atoms with Gasteiger partial charge >= 0.3 is 5.54 Å². The third-order valence-electron chi connectivity index (χ3n) is 4.44. The lowest BCUT2D eigenvalue weighted by Crippen LogP contribution is -2.68. The summed E-state index contributed by atoms with van der Waals surface area (Å²) in [7, 11) is 1.57. The number of likely N-dealkylation sites (N-methyl/N-ethyl adjacent to an activating group) is 1. The van der Waals surface area contributed by atoms with Crippen LogP contribution in [0.3, 0.4) is 0 Å². The van der Waals surface area contributed by atoms with E-state index >= 15 is 0 Å². The Morgan fingerprint density at radius 3 is 2.29 bits per heavy atom. The molecule has 8 heteroatoms. The molecule has 2 aliphatic rings. The smallest absolute Gasteiger partial charge is 0.292 e. The number of ketones is 1. The van der Waals surface area contributed by atoms with Gasteiger partial charge in [-0.05, 0) is 7.05 Å². The number of rotatable bonds is 2. The SMILES string of the molecule is CN1CC2([N+](=O)[O-])CC([N+](=O)[O-])(C1)c1ccccc1C2=O. The molecule has 1 heterocycles. The molecule has 1 fully saturated rings. The summed E-state index contributed by atoms with van der Waals surface area (Å²) in [5.41, 5.74) is -3.16. The second-order valence-electron chi connectivity index (χ2n) is 5.80. The number of nitrogens with zero attached hydrogens (tertiary/aromatic N) is 3. The molecule has 0 N–H and O–H groups in total. The fraction of sp³-hybridized carbons (Fsp3) is 0.462. The maximum Gasteiger partial charge on any atom is 0.303 e. The summed E-state index contributed by atoms with van der Waals surface area (Å²) >= 11 is 0. The first-order valence-corrected chi connectivity index (χ1v) is 6.45. The zero-order chi connectivity index (χ0) is 15.4. The highest BCUT2D eigenvalue weighted by molar-refractivity contribution is 6.05. The Morgan fingerprint density at radius 2 is 1.67 bits per heavy atom. The van der Waals surface area contributed by atoms with Crippen LogP contribution in [0.4, 0.5) is 0 Å². The van der Waals surface area contributed by atoms with Gasteiger partial charge in [-0.15, -0.1) is 0 Å². The standard InChI is InChI=1S/C13H13N3O5/c1-14-7-12(15(18)19)6-13(8-14,16(20)21)11(17)9-4-2-3-5-10(9)12/h2-5H,6-8H2,1H3. The van der Waals surface area contributed by atoms with Gasteiger partial charge in [0.05, 0.1) is 13.1 Å². The highest BCUT2D eigenvalue weighted by Gasteiger charge is 2.70. The number of hydrogen-bond acceptors (Lipinski definition) is 6.